The highest BCUT2D eigenvalue weighted by molar-refractivity contribution is 8.00. The van der Waals surface area contributed by atoms with Crippen LogP contribution in [0, 0.1) is 0 Å². The summed E-state index contributed by atoms with van der Waals surface area (Å²) >= 11 is 1.25. The highest BCUT2D eigenvalue weighted by Crippen LogP contribution is 2.28. The van der Waals surface area contributed by atoms with Gasteiger partial charge in [-0.1, -0.05) is 18.7 Å². The van der Waals surface area contributed by atoms with Crippen LogP contribution in [0.3, 0.4) is 0 Å². The van der Waals surface area contributed by atoms with E-state index in [9.17, 15) is 9.59 Å². The van der Waals surface area contributed by atoms with Gasteiger partial charge in [-0.2, -0.15) is 4.98 Å². The molecule has 1 aromatic carbocycles. The number of carbonyl (C=O) groups is 2. The second-order valence-corrected chi connectivity index (χ2v) is 6.76. The fourth-order valence-corrected chi connectivity index (χ4v) is 3.22. The SMILES string of the molecule is CCOC(=O)c1ccc(NC(=O)[C@H](CC)Sc2nc3ncccc3o2)cc1. The van der Waals surface area contributed by atoms with Crippen LogP contribution >= 0.6 is 11.8 Å². The van der Waals surface area contributed by atoms with Gasteiger partial charge in [0.1, 0.15) is 0 Å². The molecule has 0 aliphatic rings. The largest absolute Gasteiger partial charge is 0.462 e. The molecule has 140 valence electrons. The molecule has 0 aliphatic heterocycles. The van der Waals surface area contributed by atoms with Gasteiger partial charge in [0.15, 0.2) is 11.2 Å². The molecule has 0 saturated heterocycles. The third-order valence-electron chi connectivity index (χ3n) is 3.72. The molecule has 0 radical (unpaired) electrons. The van der Waals surface area contributed by atoms with E-state index in [0.717, 1.165) is 0 Å². The maximum atomic E-state index is 12.6. The Morgan fingerprint density at radius 2 is 2.00 bits per heavy atom. The van der Waals surface area contributed by atoms with E-state index in [0.29, 0.717) is 40.7 Å². The lowest BCUT2D eigenvalue weighted by Gasteiger charge is -2.13. The van der Waals surface area contributed by atoms with Crippen molar-refractivity contribution in [1.82, 2.24) is 9.97 Å². The smallest absolute Gasteiger partial charge is 0.338 e. The van der Waals surface area contributed by atoms with Crippen molar-refractivity contribution in [3.05, 3.63) is 48.2 Å². The van der Waals surface area contributed by atoms with Crippen LogP contribution in [0.5, 0.6) is 0 Å². The first kappa shape index (κ1) is 18.9. The molecule has 7 nitrogen and oxygen atoms in total. The zero-order valence-electron chi connectivity index (χ0n) is 15.0. The number of amides is 1. The van der Waals surface area contributed by atoms with E-state index in [-0.39, 0.29) is 17.1 Å². The number of ether oxygens (including phenoxy) is 1. The number of esters is 1. The Morgan fingerprint density at radius 1 is 1.22 bits per heavy atom. The van der Waals surface area contributed by atoms with E-state index in [4.69, 9.17) is 9.15 Å². The summed E-state index contributed by atoms with van der Waals surface area (Å²) in [5.41, 5.74) is 2.15. The van der Waals surface area contributed by atoms with Gasteiger partial charge in [-0.25, -0.2) is 9.78 Å². The number of fused-ring (bicyclic) bond motifs is 1. The minimum absolute atomic E-state index is 0.165. The van der Waals surface area contributed by atoms with Crippen LogP contribution in [-0.2, 0) is 9.53 Å². The highest BCUT2D eigenvalue weighted by atomic mass is 32.2. The number of anilines is 1. The van der Waals surface area contributed by atoms with Crippen LogP contribution in [-0.4, -0.2) is 33.7 Å². The van der Waals surface area contributed by atoms with Crippen LogP contribution in [0.2, 0.25) is 0 Å². The Kier molecular flexibility index (Phi) is 6.08. The third kappa shape index (κ3) is 4.65. The molecule has 0 bridgehead atoms. The Hall–Kier alpha value is -2.87. The first-order valence-corrected chi connectivity index (χ1v) is 9.45. The molecule has 27 heavy (non-hydrogen) atoms. The molecule has 1 atom stereocenters. The van der Waals surface area contributed by atoms with Crippen molar-refractivity contribution in [3.8, 4) is 0 Å². The molecule has 0 unspecified atom stereocenters. The number of thioether (sulfide) groups is 1. The number of benzene rings is 1. The molecule has 0 aliphatic carbocycles. The first-order valence-electron chi connectivity index (χ1n) is 8.57. The fraction of sp³-hybridized carbons (Fsp3) is 0.263. The van der Waals surface area contributed by atoms with E-state index >= 15 is 0 Å². The van der Waals surface area contributed by atoms with Crippen molar-refractivity contribution in [3.63, 3.8) is 0 Å². The van der Waals surface area contributed by atoms with E-state index in [2.05, 4.69) is 15.3 Å². The van der Waals surface area contributed by atoms with Crippen LogP contribution in [0.25, 0.3) is 11.2 Å². The van der Waals surface area contributed by atoms with Crippen molar-refractivity contribution in [2.75, 3.05) is 11.9 Å². The zero-order valence-corrected chi connectivity index (χ0v) is 15.8. The van der Waals surface area contributed by atoms with E-state index in [1.807, 2.05) is 6.92 Å². The van der Waals surface area contributed by atoms with Gasteiger partial charge in [0.2, 0.25) is 5.91 Å². The van der Waals surface area contributed by atoms with Crippen molar-refractivity contribution < 1.29 is 18.7 Å². The van der Waals surface area contributed by atoms with Crippen LogP contribution in [0.4, 0.5) is 5.69 Å². The van der Waals surface area contributed by atoms with Gasteiger partial charge in [0.25, 0.3) is 5.22 Å². The summed E-state index contributed by atoms with van der Waals surface area (Å²) in [5, 5.41) is 2.88. The Bertz CT molecular complexity index is 907. The normalized spacial score (nSPS) is 11.9. The van der Waals surface area contributed by atoms with Crippen LogP contribution in [0.15, 0.2) is 52.2 Å². The predicted molar refractivity (Wildman–Crippen MR) is 103 cm³/mol. The second-order valence-electron chi connectivity index (χ2n) is 5.61. The Morgan fingerprint density at radius 3 is 2.67 bits per heavy atom. The quantitative estimate of drug-likeness (QED) is 0.487. The average Bonchev–Trinajstić information content (AvgIpc) is 3.09. The van der Waals surface area contributed by atoms with Gasteiger partial charge >= 0.3 is 5.97 Å². The molecule has 2 aromatic heterocycles. The number of nitrogens with one attached hydrogen (secondary N) is 1. The molecular weight excluding hydrogens is 366 g/mol. The maximum absolute atomic E-state index is 12.6. The molecule has 0 saturated carbocycles. The Balaban J connectivity index is 1.65. The van der Waals surface area contributed by atoms with Crippen LogP contribution in [0.1, 0.15) is 30.6 Å². The van der Waals surface area contributed by atoms with Gasteiger partial charge in [-0.3, -0.25) is 4.79 Å². The number of nitrogens with zero attached hydrogens (tertiary/aromatic N) is 2. The van der Waals surface area contributed by atoms with Gasteiger partial charge in [-0.15, -0.1) is 0 Å². The summed E-state index contributed by atoms with van der Waals surface area (Å²) in [6.45, 7) is 3.99. The molecule has 0 spiro atoms. The van der Waals surface area contributed by atoms with Crippen molar-refractivity contribution in [2.24, 2.45) is 0 Å². The molecule has 3 rings (SSSR count). The van der Waals surface area contributed by atoms with Gasteiger partial charge in [0, 0.05) is 11.9 Å². The van der Waals surface area contributed by atoms with Crippen molar-refractivity contribution >= 4 is 40.6 Å². The standard InChI is InChI=1S/C19H19N3O4S/c1-3-15(27-19-22-16-14(26-19)6-5-11-20-16)17(23)21-13-9-7-12(8-10-13)18(24)25-4-2/h5-11,15H,3-4H2,1-2H3,(H,21,23)/t15-/m0/s1. The lowest BCUT2D eigenvalue weighted by atomic mass is 10.2. The number of aromatic nitrogens is 2. The lowest BCUT2D eigenvalue weighted by Crippen LogP contribution is -2.24. The molecule has 0 fully saturated rings. The number of rotatable bonds is 7. The number of carbonyl (C=O) groups excluding carboxylic acids is 2. The first-order chi connectivity index (χ1) is 13.1. The summed E-state index contributed by atoms with van der Waals surface area (Å²) in [4.78, 5) is 32.7. The molecule has 2 heterocycles. The van der Waals surface area contributed by atoms with Gasteiger partial charge in [-0.05, 0) is 49.7 Å². The molecule has 3 aromatic rings. The summed E-state index contributed by atoms with van der Waals surface area (Å²) < 4.78 is 10.6. The van der Waals surface area contributed by atoms with Crippen LogP contribution < -0.4 is 5.32 Å². The summed E-state index contributed by atoms with van der Waals surface area (Å²) in [6, 6.07) is 10.1. The second kappa shape index (κ2) is 8.68. The van der Waals surface area contributed by atoms with E-state index in [1.54, 1.807) is 49.5 Å². The number of pyridine rings is 1. The van der Waals surface area contributed by atoms with E-state index in [1.165, 1.54) is 11.8 Å². The minimum atomic E-state index is -0.387. The summed E-state index contributed by atoms with van der Waals surface area (Å²) in [5.74, 6) is -0.552. The fourth-order valence-electron chi connectivity index (χ4n) is 2.37. The molecule has 8 heteroatoms. The van der Waals surface area contributed by atoms with Gasteiger partial charge < -0.3 is 14.5 Å². The number of hydrogen-bond donors (Lipinski definition) is 1. The molecular formula is C19H19N3O4S. The van der Waals surface area contributed by atoms with Crippen molar-refractivity contribution in [2.45, 2.75) is 30.7 Å². The Labute approximate surface area is 160 Å². The highest BCUT2D eigenvalue weighted by Gasteiger charge is 2.21. The average molecular weight is 385 g/mol. The molecule has 1 N–H and O–H groups in total. The summed E-state index contributed by atoms with van der Waals surface area (Å²) in [7, 11) is 0. The van der Waals surface area contributed by atoms with Gasteiger partial charge in [0.05, 0.1) is 17.4 Å². The topological polar surface area (TPSA) is 94.3 Å². The summed E-state index contributed by atoms with van der Waals surface area (Å²) in [6.07, 6.45) is 2.24. The number of hydrogen-bond acceptors (Lipinski definition) is 7. The van der Waals surface area contributed by atoms with E-state index < -0.39 is 0 Å². The lowest BCUT2D eigenvalue weighted by molar-refractivity contribution is -0.115. The minimum Gasteiger partial charge on any atom is -0.462 e. The zero-order chi connectivity index (χ0) is 19.2. The molecule has 1 amide bonds. The monoisotopic (exact) mass is 385 g/mol. The van der Waals surface area contributed by atoms with Crippen molar-refractivity contribution in [1.29, 1.82) is 0 Å². The number of oxazole rings is 1. The maximum Gasteiger partial charge on any atom is 0.338 e. The predicted octanol–water partition coefficient (Wildman–Crippen LogP) is 3.91. The third-order valence-corrected chi connectivity index (χ3v) is 4.92.